The minimum atomic E-state index is -2.27. The standard InChI is InChI=1S/C21H28O3.C18H22N2S.C4H6O6/c1-3-20(23)24-19-9-8-18-17-6-4-13-12-14(22)5-7-15(13)16(17)10-11-21(18,19)2;1-14(12-19(2)3)13-20-15-8-4-6-10-17(15)21-18-11-7-5-9-16(18)20;5-1(3(7)8)2(6)4(9)10/h5,7,12,16-19,22H,3-4,6,8-11H2,1-2H3;4-11,14H,12-13H2,1-3H3;1-2,5-6H,(H,7,8)(H,9,10). The Morgan fingerprint density at radius 1 is 0.909 bits per heavy atom. The molecule has 55 heavy (non-hydrogen) atoms. The predicted octanol–water partition coefficient (Wildman–Crippen LogP) is 6.93. The Balaban J connectivity index is 0.000000172. The number of benzene rings is 3. The third-order valence-corrected chi connectivity index (χ3v) is 12.8. The zero-order valence-electron chi connectivity index (χ0n) is 32.4. The summed E-state index contributed by atoms with van der Waals surface area (Å²) in [5.41, 5.74) is 5.63. The van der Waals surface area contributed by atoms with Crippen LogP contribution in [0.3, 0.4) is 0 Å². The van der Waals surface area contributed by atoms with Crippen molar-refractivity contribution in [1.82, 2.24) is 4.90 Å². The van der Waals surface area contributed by atoms with E-state index in [0.29, 0.717) is 35.8 Å². The van der Waals surface area contributed by atoms with Crippen molar-refractivity contribution in [3.05, 3.63) is 77.9 Å². The number of para-hydroxylation sites is 2. The summed E-state index contributed by atoms with van der Waals surface area (Å²) >= 11 is 1.88. The molecule has 4 aliphatic rings. The van der Waals surface area contributed by atoms with Gasteiger partial charge in [0.25, 0.3) is 0 Å². The third-order valence-electron chi connectivity index (χ3n) is 11.7. The van der Waals surface area contributed by atoms with Gasteiger partial charge in [-0.15, -0.1) is 0 Å². The minimum absolute atomic E-state index is 0.0477. The first kappa shape index (κ1) is 42.1. The lowest BCUT2D eigenvalue weighted by atomic mass is 9.55. The molecule has 3 aromatic rings. The highest BCUT2D eigenvalue weighted by atomic mass is 32.2. The van der Waals surface area contributed by atoms with E-state index in [1.165, 1.54) is 51.6 Å². The molecule has 5 N–H and O–H groups in total. The Kier molecular flexibility index (Phi) is 13.9. The number of fused-ring (bicyclic) bond motifs is 7. The van der Waals surface area contributed by atoms with Crippen molar-refractivity contribution in [2.45, 2.75) is 99.7 Å². The summed E-state index contributed by atoms with van der Waals surface area (Å²) < 4.78 is 5.83. The predicted molar refractivity (Wildman–Crippen MR) is 212 cm³/mol. The highest BCUT2D eigenvalue weighted by molar-refractivity contribution is 7.99. The first-order chi connectivity index (χ1) is 26.1. The van der Waals surface area contributed by atoms with Gasteiger partial charge >= 0.3 is 17.9 Å². The lowest BCUT2D eigenvalue weighted by molar-refractivity contribution is -0.165. The van der Waals surface area contributed by atoms with Gasteiger partial charge in [-0.1, -0.05) is 62.9 Å². The van der Waals surface area contributed by atoms with Gasteiger partial charge in [-0.3, -0.25) is 4.79 Å². The molecule has 1 aliphatic heterocycles. The summed E-state index contributed by atoms with van der Waals surface area (Å²) in [6, 6.07) is 23.4. The summed E-state index contributed by atoms with van der Waals surface area (Å²) in [5.74, 6) is -0.602. The molecule has 0 radical (unpaired) electrons. The molecule has 2 saturated carbocycles. The molecule has 12 heteroatoms. The van der Waals surface area contributed by atoms with Crippen molar-refractivity contribution in [2.75, 3.05) is 32.1 Å². The second-order valence-corrected chi connectivity index (χ2v) is 16.9. The van der Waals surface area contributed by atoms with E-state index in [9.17, 15) is 19.5 Å². The molecule has 0 saturated heterocycles. The van der Waals surface area contributed by atoms with E-state index in [-0.39, 0.29) is 17.5 Å². The topological polar surface area (TPSA) is 168 Å². The van der Waals surface area contributed by atoms with Crippen LogP contribution in [0, 0.1) is 23.2 Å². The SMILES string of the molecule is CC(CN(C)C)CN1c2ccccc2Sc2ccccc21.CCC(=O)OC1CCC2C3CCc4cc(O)ccc4C3CCC12C.O=C(O)C(O)C(O)C(=O)O. The Morgan fingerprint density at radius 3 is 2.07 bits per heavy atom. The van der Waals surface area contributed by atoms with Crippen LogP contribution < -0.4 is 4.90 Å². The van der Waals surface area contributed by atoms with Gasteiger partial charge in [-0.25, -0.2) is 9.59 Å². The van der Waals surface area contributed by atoms with Crippen LogP contribution >= 0.6 is 11.8 Å². The van der Waals surface area contributed by atoms with E-state index >= 15 is 0 Å². The fourth-order valence-electron chi connectivity index (χ4n) is 9.20. The number of carbonyl (C=O) groups is 3. The largest absolute Gasteiger partial charge is 0.508 e. The molecule has 2 fully saturated rings. The molecule has 0 spiro atoms. The number of aliphatic hydroxyl groups excluding tert-OH is 2. The number of carbonyl (C=O) groups excluding carboxylic acids is 1. The number of nitrogens with zero attached hydrogens (tertiary/aromatic N) is 2. The average Bonchev–Trinajstić information content (AvgIpc) is 3.49. The molecule has 0 bridgehead atoms. The summed E-state index contributed by atoms with van der Waals surface area (Å²) in [4.78, 5) is 38.8. The second kappa shape index (κ2) is 18.2. The van der Waals surface area contributed by atoms with Crippen molar-refractivity contribution < 1.29 is 44.7 Å². The normalized spacial score (nSPS) is 24.8. The van der Waals surface area contributed by atoms with Crippen molar-refractivity contribution in [3.63, 3.8) is 0 Å². The number of carboxylic acids is 2. The van der Waals surface area contributed by atoms with Crippen molar-refractivity contribution in [2.24, 2.45) is 23.2 Å². The van der Waals surface area contributed by atoms with Crippen LogP contribution in [-0.2, 0) is 25.5 Å². The van der Waals surface area contributed by atoms with Gasteiger partial charge in [-0.2, -0.15) is 0 Å². The zero-order valence-corrected chi connectivity index (χ0v) is 33.2. The second-order valence-electron chi connectivity index (χ2n) is 15.8. The number of aryl methyl sites for hydroxylation is 1. The maximum absolute atomic E-state index is 11.8. The molecule has 0 amide bonds. The maximum atomic E-state index is 11.8. The lowest BCUT2D eigenvalue weighted by Crippen LogP contribution is -2.45. The molecule has 8 unspecified atom stereocenters. The zero-order chi connectivity index (χ0) is 40.0. The summed E-state index contributed by atoms with van der Waals surface area (Å²) in [7, 11) is 4.29. The Bertz CT molecular complexity index is 1760. The fraction of sp³-hybridized carbons (Fsp3) is 0.512. The Morgan fingerprint density at radius 2 is 1.51 bits per heavy atom. The Hall–Kier alpha value is -4.10. The number of esters is 1. The molecular weight excluding hydrogens is 721 g/mol. The van der Waals surface area contributed by atoms with Crippen molar-refractivity contribution in [1.29, 1.82) is 0 Å². The molecule has 1 heterocycles. The highest BCUT2D eigenvalue weighted by Gasteiger charge is 2.56. The number of hydrogen-bond donors (Lipinski definition) is 5. The number of phenols is 1. The highest BCUT2D eigenvalue weighted by Crippen LogP contribution is 2.61. The first-order valence-electron chi connectivity index (χ1n) is 19.3. The minimum Gasteiger partial charge on any atom is -0.508 e. The van der Waals surface area contributed by atoms with Gasteiger partial charge in [0, 0.05) is 34.7 Å². The fourth-order valence-corrected chi connectivity index (χ4v) is 10.3. The van der Waals surface area contributed by atoms with Crippen molar-refractivity contribution >= 4 is 41.0 Å². The van der Waals surface area contributed by atoms with E-state index in [4.69, 9.17) is 25.2 Å². The number of carboxylic acid groups (broad SMARTS) is 2. The van der Waals surface area contributed by atoms with Crippen LogP contribution in [-0.4, -0.2) is 93.8 Å². The average molecular weight is 777 g/mol. The molecule has 7 rings (SSSR count). The summed E-state index contributed by atoms with van der Waals surface area (Å²) in [6.07, 6.45) is 2.85. The van der Waals surface area contributed by atoms with Crippen molar-refractivity contribution in [3.8, 4) is 5.75 Å². The molecule has 298 valence electrons. The number of aliphatic hydroxyl groups is 2. The summed E-state index contributed by atoms with van der Waals surface area (Å²) in [5, 5.41) is 42.3. The van der Waals surface area contributed by atoms with E-state index in [2.05, 4.69) is 92.3 Å². The van der Waals surface area contributed by atoms with Gasteiger partial charge in [0.15, 0.2) is 12.2 Å². The number of aliphatic carboxylic acids is 2. The number of aromatic hydroxyl groups is 1. The van der Waals surface area contributed by atoms with E-state index in [0.717, 1.165) is 32.4 Å². The number of phenolic OH excluding ortho intramolecular Hbond substituents is 1. The number of ether oxygens (including phenoxy) is 1. The molecule has 3 aliphatic carbocycles. The molecular formula is C43H56N2O9S. The van der Waals surface area contributed by atoms with Crippen LogP contribution in [0.25, 0.3) is 0 Å². The van der Waals surface area contributed by atoms with E-state index in [1.54, 1.807) is 0 Å². The van der Waals surface area contributed by atoms with Crippen LogP contribution in [0.4, 0.5) is 11.4 Å². The van der Waals surface area contributed by atoms with Crippen LogP contribution in [0.2, 0.25) is 0 Å². The first-order valence-corrected chi connectivity index (χ1v) is 20.1. The monoisotopic (exact) mass is 776 g/mol. The smallest absolute Gasteiger partial charge is 0.335 e. The quantitative estimate of drug-likeness (QED) is 0.142. The van der Waals surface area contributed by atoms with Crippen LogP contribution in [0.1, 0.15) is 76.3 Å². The Labute approximate surface area is 328 Å². The van der Waals surface area contributed by atoms with Gasteiger partial charge in [0.1, 0.15) is 11.9 Å². The van der Waals surface area contributed by atoms with E-state index in [1.807, 2.05) is 30.8 Å². The van der Waals surface area contributed by atoms with Gasteiger partial charge in [0.05, 0.1) is 11.4 Å². The van der Waals surface area contributed by atoms with E-state index < -0.39 is 24.1 Å². The molecule has 0 aromatic heterocycles. The van der Waals surface area contributed by atoms with Gasteiger partial charge in [0.2, 0.25) is 0 Å². The number of hydrogen-bond acceptors (Lipinski definition) is 10. The number of rotatable bonds is 9. The molecule has 11 nitrogen and oxygen atoms in total. The lowest BCUT2D eigenvalue weighted by Gasteiger charge is -2.50. The van der Waals surface area contributed by atoms with Gasteiger partial charge < -0.3 is 40.1 Å². The molecule has 8 atom stereocenters. The number of anilines is 2. The maximum Gasteiger partial charge on any atom is 0.335 e. The summed E-state index contributed by atoms with van der Waals surface area (Å²) in [6.45, 7) is 8.72. The van der Waals surface area contributed by atoms with Gasteiger partial charge in [-0.05, 0) is 124 Å². The van der Waals surface area contributed by atoms with Crippen LogP contribution in [0.5, 0.6) is 5.75 Å². The molecule has 3 aromatic carbocycles. The third kappa shape index (κ3) is 9.65. The van der Waals surface area contributed by atoms with Crippen LogP contribution in [0.15, 0.2) is 76.5 Å².